The van der Waals surface area contributed by atoms with Crippen LogP contribution in [0.5, 0.6) is 0 Å². The van der Waals surface area contributed by atoms with Crippen LogP contribution in [0.3, 0.4) is 0 Å². The number of para-hydroxylation sites is 1. The van der Waals surface area contributed by atoms with Crippen LogP contribution in [0.15, 0.2) is 66.3 Å². The first-order valence-electron chi connectivity index (χ1n) is 8.46. The predicted molar refractivity (Wildman–Crippen MR) is 111 cm³/mol. The van der Waals surface area contributed by atoms with Crippen molar-refractivity contribution in [2.24, 2.45) is 0 Å². The van der Waals surface area contributed by atoms with Crippen LogP contribution in [0.4, 0.5) is 0 Å². The number of hydrogen-bond acceptors (Lipinski definition) is 2. The van der Waals surface area contributed by atoms with E-state index in [-0.39, 0.29) is 0 Å². The van der Waals surface area contributed by atoms with E-state index < -0.39 is 0 Å². The zero-order chi connectivity index (χ0) is 17.4. The van der Waals surface area contributed by atoms with Crippen molar-refractivity contribution in [2.45, 2.75) is 20.8 Å². The van der Waals surface area contributed by atoms with Gasteiger partial charge in [0.25, 0.3) is 0 Å². The van der Waals surface area contributed by atoms with Gasteiger partial charge in [-0.05, 0) is 39.0 Å². The zero-order valence-corrected chi connectivity index (χ0v) is 15.4. The van der Waals surface area contributed by atoms with E-state index in [1.165, 1.54) is 26.6 Å². The highest BCUT2D eigenvalue weighted by atomic mass is 32.1. The number of thiazole rings is 1. The van der Waals surface area contributed by atoms with Crippen LogP contribution in [-0.2, 0) is 0 Å². The molecule has 0 unspecified atom stereocenters. The summed E-state index contributed by atoms with van der Waals surface area (Å²) < 4.78 is 1.23. The summed E-state index contributed by atoms with van der Waals surface area (Å²) in [6.07, 6.45) is 8.32. The van der Waals surface area contributed by atoms with E-state index in [0.29, 0.717) is 0 Å². The van der Waals surface area contributed by atoms with Crippen molar-refractivity contribution < 1.29 is 0 Å². The number of aromatic amines is 1. The number of nitrogens with zero attached hydrogens (tertiary/aromatic N) is 1. The lowest BCUT2D eigenvalue weighted by Crippen LogP contribution is -1.82. The average Bonchev–Trinajstić information content (AvgIpc) is 3.18. The number of allylic oxidation sites excluding steroid dienone is 6. The molecule has 0 bridgehead atoms. The molecule has 0 aliphatic carbocycles. The largest absolute Gasteiger partial charge is 0.354 e. The number of hydrogen-bond donors (Lipinski definition) is 1. The monoisotopic (exact) mass is 344 g/mol. The van der Waals surface area contributed by atoms with Crippen molar-refractivity contribution in [3.63, 3.8) is 0 Å². The van der Waals surface area contributed by atoms with Gasteiger partial charge in [-0.2, -0.15) is 0 Å². The van der Waals surface area contributed by atoms with Gasteiger partial charge < -0.3 is 4.98 Å². The Hall–Kier alpha value is -2.65. The predicted octanol–water partition coefficient (Wildman–Crippen LogP) is 6.86. The molecule has 2 aromatic carbocycles. The summed E-state index contributed by atoms with van der Waals surface area (Å²) in [4.78, 5) is 8.53. The molecule has 2 nitrogen and oxygen atoms in total. The molecule has 4 aromatic rings. The van der Waals surface area contributed by atoms with Gasteiger partial charge in [0, 0.05) is 27.4 Å². The standard InChI is InChI=1S/C22H20N2S/c1-4-5-6-9-15(14(2)3)22-24-21-19(25-22)13-12-18-20(21)16-10-7-8-11-17(16)23-18/h4-13,23H,1-3H3/b5-4-,9-6-. The minimum absolute atomic E-state index is 1.08. The lowest BCUT2D eigenvalue weighted by atomic mass is 10.1. The minimum atomic E-state index is 1.08. The maximum Gasteiger partial charge on any atom is 0.124 e. The fourth-order valence-corrected chi connectivity index (χ4v) is 4.26. The highest BCUT2D eigenvalue weighted by Gasteiger charge is 2.14. The molecule has 0 radical (unpaired) electrons. The molecular formula is C22H20N2S. The molecule has 0 saturated heterocycles. The third-order valence-corrected chi connectivity index (χ3v) is 5.42. The van der Waals surface area contributed by atoms with E-state index in [9.17, 15) is 0 Å². The number of H-pyrrole nitrogens is 1. The van der Waals surface area contributed by atoms with Crippen LogP contribution >= 0.6 is 11.3 Å². The Bertz CT molecular complexity index is 1160. The molecule has 0 aliphatic heterocycles. The number of rotatable bonds is 3. The molecule has 124 valence electrons. The van der Waals surface area contributed by atoms with Gasteiger partial charge in [0.15, 0.2) is 0 Å². The molecule has 0 fully saturated rings. The van der Waals surface area contributed by atoms with Gasteiger partial charge in [-0.15, -0.1) is 11.3 Å². The molecule has 0 amide bonds. The minimum Gasteiger partial charge on any atom is -0.354 e. The van der Waals surface area contributed by atoms with Crippen molar-refractivity contribution in [3.05, 3.63) is 71.3 Å². The van der Waals surface area contributed by atoms with Crippen LogP contribution in [0.1, 0.15) is 25.8 Å². The van der Waals surface area contributed by atoms with Gasteiger partial charge in [-0.1, -0.05) is 48.1 Å². The van der Waals surface area contributed by atoms with Gasteiger partial charge in [-0.3, -0.25) is 0 Å². The van der Waals surface area contributed by atoms with Crippen molar-refractivity contribution in [3.8, 4) is 0 Å². The molecule has 0 saturated carbocycles. The molecule has 2 heterocycles. The van der Waals surface area contributed by atoms with E-state index in [1.54, 1.807) is 11.3 Å². The SMILES string of the molecule is C/C=C\C=C/C(=C(C)C)c1nc2c(ccc3[nH]c4ccccc4c32)s1. The van der Waals surface area contributed by atoms with Crippen molar-refractivity contribution in [2.75, 3.05) is 0 Å². The van der Waals surface area contributed by atoms with E-state index in [1.807, 2.05) is 19.1 Å². The Kier molecular flexibility index (Phi) is 4.02. The molecule has 0 aliphatic rings. The van der Waals surface area contributed by atoms with Crippen LogP contribution in [-0.4, -0.2) is 9.97 Å². The van der Waals surface area contributed by atoms with Crippen molar-refractivity contribution >= 4 is 48.9 Å². The van der Waals surface area contributed by atoms with E-state index in [4.69, 9.17) is 4.98 Å². The molecule has 0 spiro atoms. The van der Waals surface area contributed by atoms with Crippen LogP contribution in [0.25, 0.3) is 37.6 Å². The number of benzene rings is 2. The van der Waals surface area contributed by atoms with Crippen LogP contribution in [0, 0.1) is 0 Å². The van der Waals surface area contributed by atoms with Gasteiger partial charge in [0.2, 0.25) is 0 Å². The van der Waals surface area contributed by atoms with Crippen molar-refractivity contribution in [1.29, 1.82) is 0 Å². The number of fused-ring (bicyclic) bond motifs is 5. The summed E-state index contributed by atoms with van der Waals surface area (Å²) in [5.41, 5.74) is 5.87. The molecule has 2 aromatic heterocycles. The highest BCUT2D eigenvalue weighted by Crippen LogP contribution is 2.36. The summed E-state index contributed by atoms with van der Waals surface area (Å²) >= 11 is 1.76. The van der Waals surface area contributed by atoms with Crippen LogP contribution in [0.2, 0.25) is 0 Å². The zero-order valence-electron chi connectivity index (χ0n) is 14.6. The summed E-state index contributed by atoms with van der Waals surface area (Å²) in [6, 6.07) is 12.8. The summed E-state index contributed by atoms with van der Waals surface area (Å²) in [6.45, 7) is 6.31. The second-order valence-electron chi connectivity index (χ2n) is 6.32. The quantitative estimate of drug-likeness (QED) is 0.404. The third-order valence-electron chi connectivity index (χ3n) is 4.36. The second-order valence-corrected chi connectivity index (χ2v) is 7.35. The highest BCUT2D eigenvalue weighted by molar-refractivity contribution is 7.19. The number of aromatic nitrogens is 2. The fraction of sp³-hybridized carbons (Fsp3) is 0.136. The average molecular weight is 344 g/mol. The topological polar surface area (TPSA) is 28.7 Å². The van der Waals surface area contributed by atoms with E-state index >= 15 is 0 Å². The molecule has 0 atom stereocenters. The molecule has 3 heteroatoms. The third kappa shape index (κ3) is 2.71. The molecule has 25 heavy (non-hydrogen) atoms. The lowest BCUT2D eigenvalue weighted by molar-refractivity contribution is 1.36. The Balaban J connectivity index is 1.98. The van der Waals surface area contributed by atoms with Gasteiger partial charge >= 0.3 is 0 Å². The summed E-state index contributed by atoms with van der Waals surface area (Å²) in [5.74, 6) is 0. The fourth-order valence-electron chi connectivity index (χ4n) is 3.16. The van der Waals surface area contributed by atoms with Gasteiger partial charge in [-0.25, -0.2) is 4.98 Å². The smallest absolute Gasteiger partial charge is 0.124 e. The maximum absolute atomic E-state index is 5.03. The Labute approximate surface area is 151 Å². The summed E-state index contributed by atoms with van der Waals surface area (Å²) in [7, 11) is 0. The molecule has 1 N–H and O–H groups in total. The van der Waals surface area contributed by atoms with Gasteiger partial charge in [0.05, 0.1) is 10.2 Å². The van der Waals surface area contributed by atoms with Gasteiger partial charge in [0.1, 0.15) is 5.01 Å². The Morgan fingerprint density at radius 2 is 1.88 bits per heavy atom. The first-order chi connectivity index (χ1) is 12.2. The summed E-state index contributed by atoms with van der Waals surface area (Å²) in [5, 5.41) is 3.54. The molecular weight excluding hydrogens is 324 g/mol. The number of nitrogens with one attached hydrogen (secondary N) is 1. The second kappa shape index (κ2) is 6.34. The Morgan fingerprint density at radius 1 is 1.04 bits per heavy atom. The first kappa shape index (κ1) is 15.9. The lowest BCUT2D eigenvalue weighted by Gasteiger charge is -1.99. The first-order valence-corrected chi connectivity index (χ1v) is 9.28. The molecule has 4 rings (SSSR count). The maximum atomic E-state index is 5.03. The van der Waals surface area contributed by atoms with Crippen LogP contribution < -0.4 is 0 Å². The van der Waals surface area contributed by atoms with E-state index in [0.717, 1.165) is 21.6 Å². The van der Waals surface area contributed by atoms with Crippen molar-refractivity contribution in [1.82, 2.24) is 9.97 Å². The normalized spacial score (nSPS) is 12.3. The van der Waals surface area contributed by atoms with E-state index in [2.05, 4.69) is 67.4 Å². The Morgan fingerprint density at radius 3 is 2.68 bits per heavy atom.